The summed E-state index contributed by atoms with van der Waals surface area (Å²) in [5, 5.41) is 44.4. The Morgan fingerprint density at radius 2 is 1.20 bits per heavy atom. The van der Waals surface area contributed by atoms with Crippen molar-refractivity contribution >= 4 is 66.9 Å². The van der Waals surface area contributed by atoms with Crippen LogP contribution in [0.5, 0.6) is 0 Å². The van der Waals surface area contributed by atoms with Crippen molar-refractivity contribution in [3.05, 3.63) is 68.1 Å². The highest BCUT2D eigenvalue weighted by Gasteiger charge is 2.24. The maximum absolute atomic E-state index is 14.8. The molecule has 0 aliphatic rings. The Kier molecular flexibility index (Phi) is 7.22. The largest absolute Gasteiger partial charge is 0.396 e. The summed E-state index contributed by atoms with van der Waals surface area (Å²) >= 11 is 0. The molecule has 0 fully saturated rings. The second kappa shape index (κ2) is 11.2. The smallest absolute Gasteiger partial charge is 0.370 e. The van der Waals surface area contributed by atoms with Crippen molar-refractivity contribution < 1.29 is 17.6 Å². The van der Waals surface area contributed by atoms with E-state index in [2.05, 4.69) is 25.3 Å². The first-order valence-electron chi connectivity index (χ1n) is 12.3. The molecule has 0 amide bonds. The zero-order chi connectivity index (χ0) is 33.4. The molecule has 17 heteroatoms. The topological polar surface area (TPSA) is 252 Å². The lowest BCUT2D eigenvalue weighted by atomic mass is 10.0. The van der Waals surface area contributed by atoms with Crippen molar-refractivity contribution in [2.75, 3.05) is 22.6 Å². The van der Waals surface area contributed by atoms with Crippen molar-refractivity contribution in [2.24, 2.45) is 0 Å². The zero-order valence-electron chi connectivity index (χ0n) is 22.5. The van der Waals surface area contributed by atoms with Crippen molar-refractivity contribution in [1.82, 2.24) is 15.0 Å². The molecule has 218 valence electrons. The molecule has 0 aliphatic carbocycles. The average molecular weight is 616 g/mol. The van der Waals surface area contributed by atoms with Gasteiger partial charge in [0.25, 0.3) is 0 Å². The minimum atomic E-state index is -2.09. The second-order valence-electron chi connectivity index (χ2n) is 9.11. The number of nitrogen functional groups attached to an aromatic ring is 3. The van der Waals surface area contributed by atoms with E-state index < -0.39 is 44.9 Å². The molecule has 0 saturated heterocycles. The predicted molar refractivity (Wildman–Crippen MR) is 155 cm³/mol. The summed E-state index contributed by atoms with van der Waals surface area (Å²) < 4.78 is 58.9. The molecule has 3 aromatic heterocycles. The van der Waals surface area contributed by atoms with Crippen LogP contribution >= 0.6 is 0 Å². The van der Waals surface area contributed by atoms with E-state index in [0.29, 0.717) is 5.39 Å². The molecule has 2 aromatic carbocycles. The molecule has 7 N–H and O–H groups in total. The lowest BCUT2D eigenvalue weighted by Gasteiger charge is -2.12. The molecule has 0 aliphatic heterocycles. The monoisotopic (exact) mass is 616 g/mol. The number of aromatic nitrogens is 3. The number of hydrogen-bond donors (Lipinski definition) is 4. The molecular weight excluding hydrogens is 606 g/mol. The van der Waals surface area contributed by atoms with Gasteiger partial charge in [0, 0.05) is 16.2 Å². The average Bonchev–Trinajstić information content (AvgIpc) is 3.05. The van der Waals surface area contributed by atoms with Crippen LogP contribution in [0.4, 0.5) is 40.6 Å². The van der Waals surface area contributed by atoms with Crippen LogP contribution in [0.1, 0.15) is 11.3 Å². The zero-order valence-corrected chi connectivity index (χ0v) is 22.5. The van der Waals surface area contributed by atoms with Gasteiger partial charge >= 0.3 is 6.07 Å². The quantitative estimate of drug-likeness (QED) is 0.0918. The van der Waals surface area contributed by atoms with Gasteiger partial charge in [-0.05, 0) is 23.6 Å². The SMILES string of the molecule is N#CC(C#N)=c1c(F)c(F)c(=C(C#N)C#[N+]Nc2cc3c4cc(N)c(N)nc4c4nc(N)c(C#N)cc4c3nc2C#N)c(F)c1F. The van der Waals surface area contributed by atoms with Gasteiger partial charge in [-0.2, -0.15) is 26.3 Å². The first-order valence-corrected chi connectivity index (χ1v) is 12.3. The molecule has 0 saturated carbocycles. The highest BCUT2D eigenvalue weighted by molar-refractivity contribution is 6.23. The number of anilines is 4. The minimum absolute atomic E-state index is 0.00702. The van der Waals surface area contributed by atoms with Gasteiger partial charge in [0.05, 0.1) is 37.7 Å². The van der Waals surface area contributed by atoms with Crippen molar-refractivity contribution in [3.8, 4) is 36.4 Å². The number of fused-ring (bicyclic) bond motifs is 6. The predicted octanol–water partition coefficient (Wildman–Crippen LogP) is 2.61. The Morgan fingerprint density at radius 1 is 0.652 bits per heavy atom. The van der Waals surface area contributed by atoms with Gasteiger partial charge in [-0.3, -0.25) is 0 Å². The number of nitrogens with zero attached hydrogens (tertiary/aromatic N) is 9. The summed E-state index contributed by atoms with van der Waals surface area (Å²) in [5.74, 6) is -8.50. The van der Waals surface area contributed by atoms with E-state index in [1.54, 1.807) is 0 Å². The first kappa shape index (κ1) is 29.8. The van der Waals surface area contributed by atoms with Gasteiger partial charge in [-0.1, -0.05) is 0 Å². The number of pyridine rings is 3. The van der Waals surface area contributed by atoms with Crippen molar-refractivity contribution in [2.45, 2.75) is 0 Å². The number of nitriles is 5. The van der Waals surface area contributed by atoms with Crippen LogP contribution in [0, 0.1) is 86.0 Å². The molecule has 46 heavy (non-hydrogen) atoms. The Labute approximate surface area is 253 Å². The fraction of sp³-hybridized carbons (Fsp3) is 0. The lowest BCUT2D eigenvalue weighted by Crippen LogP contribution is -2.31. The van der Waals surface area contributed by atoms with Gasteiger partial charge in [0.1, 0.15) is 53.1 Å². The summed E-state index contributed by atoms with van der Waals surface area (Å²) in [6.45, 7) is 0. The second-order valence-corrected chi connectivity index (χ2v) is 9.11. The first-order chi connectivity index (χ1) is 22.0. The van der Waals surface area contributed by atoms with Crippen LogP contribution in [-0.2, 0) is 0 Å². The maximum Gasteiger partial charge on any atom is 0.370 e. The van der Waals surface area contributed by atoms with Crippen LogP contribution in [0.2, 0.25) is 0 Å². The molecule has 0 atom stereocenters. The van der Waals surface area contributed by atoms with E-state index in [1.165, 1.54) is 24.3 Å². The van der Waals surface area contributed by atoms with Crippen LogP contribution in [0.15, 0.2) is 18.2 Å². The Balaban J connectivity index is 1.78. The molecule has 0 bridgehead atoms. The van der Waals surface area contributed by atoms with E-state index in [1.807, 2.05) is 18.2 Å². The molecule has 13 nitrogen and oxygen atoms in total. The Morgan fingerprint density at radius 3 is 1.76 bits per heavy atom. The van der Waals surface area contributed by atoms with Gasteiger partial charge in [-0.15, -0.1) is 0 Å². The Bertz CT molecular complexity index is 2610. The summed E-state index contributed by atoms with van der Waals surface area (Å²) in [6, 6.07) is 13.5. The maximum atomic E-state index is 14.8. The molecule has 0 radical (unpaired) electrons. The summed E-state index contributed by atoms with van der Waals surface area (Å²) in [7, 11) is 0. The number of benzene rings is 2. The normalized spacial score (nSPS) is 10.2. The summed E-state index contributed by atoms with van der Waals surface area (Å²) in [4.78, 5) is 16.5. The lowest BCUT2D eigenvalue weighted by molar-refractivity contribution is 0.434. The molecule has 5 aromatic rings. The van der Waals surface area contributed by atoms with E-state index in [-0.39, 0.29) is 61.6 Å². The van der Waals surface area contributed by atoms with Crippen molar-refractivity contribution in [3.63, 3.8) is 0 Å². The summed E-state index contributed by atoms with van der Waals surface area (Å²) in [6.07, 6.45) is 0. The third-order valence-electron chi connectivity index (χ3n) is 6.60. The third-order valence-corrected chi connectivity index (χ3v) is 6.60. The fourth-order valence-electron chi connectivity index (χ4n) is 4.49. The van der Waals surface area contributed by atoms with Crippen LogP contribution < -0.4 is 33.1 Å². The third kappa shape index (κ3) is 4.49. The van der Waals surface area contributed by atoms with E-state index >= 15 is 0 Å². The van der Waals surface area contributed by atoms with Gasteiger partial charge in [0.15, 0.2) is 40.2 Å². The van der Waals surface area contributed by atoms with Crippen LogP contribution in [-0.4, -0.2) is 15.0 Å². The van der Waals surface area contributed by atoms with Gasteiger partial charge in [-0.25, -0.2) is 32.5 Å². The number of hydrogen-bond acceptors (Lipinski definition) is 12. The van der Waals surface area contributed by atoms with E-state index in [0.717, 1.165) is 12.1 Å². The highest BCUT2D eigenvalue weighted by atomic mass is 19.2. The molecule has 5 rings (SSSR count). The number of halogens is 4. The number of rotatable bonds is 1. The van der Waals surface area contributed by atoms with E-state index in [9.17, 15) is 33.3 Å². The van der Waals surface area contributed by atoms with Gasteiger partial charge < -0.3 is 17.2 Å². The molecule has 0 spiro atoms. The van der Waals surface area contributed by atoms with Crippen LogP contribution in [0.3, 0.4) is 0 Å². The van der Waals surface area contributed by atoms with Crippen molar-refractivity contribution in [1.29, 1.82) is 26.3 Å². The standard InChI is InChI=1S/C29H9F4N13/c30-21-19(11(5-35)6-36)22(31)24(33)20(23(21)32)12(7-37)9-42-46-17-3-14-13-2-16(39)29(41)45-26(13)27-15(25(14)43-18(17)8-38)1-10(4-34)28(40)44-27/h1-3,35H,(H5,39,40,41,43,44,45,46)/p+1. The summed E-state index contributed by atoms with van der Waals surface area (Å²) in [5.41, 5.74) is 18.0. The fourth-order valence-corrected chi connectivity index (χ4v) is 4.49. The molecule has 3 heterocycles. The number of nitrogens with one attached hydrogen (secondary N) is 1. The minimum Gasteiger partial charge on any atom is -0.396 e. The number of nitrogens with two attached hydrogens (primary N) is 3. The molecule has 0 unspecified atom stereocenters. The Hall–Kier alpha value is -7.73. The van der Waals surface area contributed by atoms with Gasteiger partial charge in [0.2, 0.25) is 0 Å². The molecular formula is C29H10F4N13+. The van der Waals surface area contributed by atoms with E-state index in [4.69, 9.17) is 27.7 Å². The van der Waals surface area contributed by atoms with Crippen LogP contribution in [0.25, 0.3) is 48.8 Å². The highest BCUT2D eigenvalue weighted by Crippen LogP contribution is 2.37.